The summed E-state index contributed by atoms with van der Waals surface area (Å²) < 4.78 is 5.85. The highest BCUT2D eigenvalue weighted by Gasteiger charge is 2.31. The van der Waals surface area contributed by atoms with Crippen molar-refractivity contribution >= 4 is 29.1 Å². The normalized spacial score (nSPS) is 16.8. The first-order valence-corrected chi connectivity index (χ1v) is 10.7. The number of hydrogen-bond donors (Lipinski definition) is 1. The number of hydrogen-bond acceptors (Lipinski definition) is 3. The number of likely N-dealkylation sites (tertiary alicyclic amines) is 1. The molecule has 1 saturated heterocycles. The summed E-state index contributed by atoms with van der Waals surface area (Å²) in [5.41, 5.74) is 1.06. The van der Waals surface area contributed by atoms with Crippen LogP contribution >= 0.6 is 11.6 Å². The van der Waals surface area contributed by atoms with Gasteiger partial charge in [0.2, 0.25) is 0 Å². The molecule has 1 N–H and O–H groups in total. The van der Waals surface area contributed by atoms with Gasteiger partial charge in [-0.05, 0) is 95.0 Å². The number of amides is 2. The first kappa shape index (κ1) is 22.2. The highest BCUT2D eigenvalue weighted by molar-refractivity contribution is 6.30. The first-order valence-electron chi connectivity index (χ1n) is 10.3. The molecule has 30 heavy (non-hydrogen) atoms. The lowest BCUT2D eigenvalue weighted by Gasteiger charge is -2.33. The second-order valence-electron chi connectivity index (χ2n) is 8.39. The second kappa shape index (κ2) is 9.09. The molecule has 0 aliphatic carbocycles. The first-order chi connectivity index (χ1) is 14.2. The molecule has 1 unspecified atom stereocenters. The predicted octanol–water partition coefficient (Wildman–Crippen LogP) is 5.46. The van der Waals surface area contributed by atoms with Gasteiger partial charge in [-0.3, -0.25) is 9.59 Å². The zero-order valence-electron chi connectivity index (χ0n) is 18.0. The van der Waals surface area contributed by atoms with E-state index in [0.29, 0.717) is 22.0 Å². The van der Waals surface area contributed by atoms with Crippen molar-refractivity contribution in [3.8, 4) is 5.75 Å². The topological polar surface area (TPSA) is 58.6 Å². The maximum absolute atomic E-state index is 12.9. The Labute approximate surface area is 183 Å². The van der Waals surface area contributed by atoms with Crippen LogP contribution in [0.15, 0.2) is 42.5 Å². The van der Waals surface area contributed by atoms with E-state index in [-0.39, 0.29) is 17.9 Å². The summed E-state index contributed by atoms with van der Waals surface area (Å²) in [4.78, 5) is 27.7. The van der Waals surface area contributed by atoms with Gasteiger partial charge in [-0.15, -0.1) is 0 Å². The largest absolute Gasteiger partial charge is 0.478 e. The van der Waals surface area contributed by atoms with Crippen LogP contribution in [0.3, 0.4) is 0 Å². The lowest BCUT2D eigenvalue weighted by Crippen LogP contribution is -2.43. The Morgan fingerprint density at radius 2 is 1.83 bits per heavy atom. The van der Waals surface area contributed by atoms with Crippen molar-refractivity contribution in [2.75, 3.05) is 11.9 Å². The maximum Gasteiger partial charge on any atom is 0.267 e. The van der Waals surface area contributed by atoms with Gasteiger partial charge in [0, 0.05) is 28.9 Å². The zero-order valence-corrected chi connectivity index (χ0v) is 18.8. The molecule has 1 fully saturated rings. The van der Waals surface area contributed by atoms with Crippen molar-refractivity contribution in [1.82, 2.24) is 4.90 Å². The van der Waals surface area contributed by atoms with Gasteiger partial charge in [0.15, 0.2) is 5.60 Å². The Morgan fingerprint density at radius 3 is 2.47 bits per heavy atom. The van der Waals surface area contributed by atoms with Gasteiger partial charge in [-0.1, -0.05) is 11.6 Å². The van der Waals surface area contributed by atoms with Crippen LogP contribution in [0, 0.1) is 6.92 Å². The van der Waals surface area contributed by atoms with E-state index in [9.17, 15) is 9.59 Å². The number of rotatable bonds is 5. The SMILES string of the molecule is Cc1cc(C(=O)N2CCCCC2C)ccc1NC(=O)C(C)(C)Oc1ccc(Cl)cc1. The fraction of sp³-hybridized carbons (Fsp3) is 0.417. The van der Waals surface area contributed by atoms with Crippen LogP contribution in [0.1, 0.15) is 56.0 Å². The number of piperidine rings is 1. The molecule has 5 nitrogen and oxygen atoms in total. The third-order valence-electron chi connectivity index (χ3n) is 5.52. The molecule has 2 amide bonds. The Bertz CT molecular complexity index is 925. The number of carbonyl (C=O) groups is 2. The molecule has 2 aromatic carbocycles. The van der Waals surface area contributed by atoms with Gasteiger partial charge in [-0.25, -0.2) is 0 Å². The summed E-state index contributed by atoms with van der Waals surface area (Å²) in [6, 6.07) is 12.5. The van der Waals surface area contributed by atoms with Crippen molar-refractivity contribution < 1.29 is 14.3 Å². The van der Waals surface area contributed by atoms with Crippen LogP contribution in [0.5, 0.6) is 5.75 Å². The van der Waals surface area contributed by atoms with Crippen molar-refractivity contribution in [2.45, 2.75) is 58.6 Å². The quantitative estimate of drug-likeness (QED) is 0.687. The fourth-order valence-electron chi connectivity index (χ4n) is 3.62. The molecule has 1 atom stereocenters. The van der Waals surface area contributed by atoms with E-state index in [4.69, 9.17) is 16.3 Å². The number of halogens is 1. The smallest absolute Gasteiger partial charge is 0.267 e. The van der Waals surface area contributed by atoms with E-state index in [1.165, 1.54) is 6.42 Å². The molecule has 0 aromatic heterocycles. The third-order valence-corrected chi connectivity index (χ3v) is 5.77. The van der Waals surface area contributed by atoms with E-state index in [1.807, 2.05) is 17.9 Å². The monoisotopic (exact) mass is 428 g/mol. The Balaban J connectivity index is 1.69. The molecule has 1 heterocycles. The molecule has 0 spiro atoms. The number of carbonyl (C=O) groups excluding carboxylic acids is 2. The van der Waals surface area contributed by atoms with Gasteiger partial charge in [-0.2, -0.15) is 0 Å². The van der Waals surface area contributed by atoms with Crippen LogP contribution in [0.4, 0.5) is 5.69 Å². The number of anilines is 1. The van der Waals surface area contributed by atoms with Gasteiger partial charge >= 0.3 is 0 Å². The summed E-state index contributed by atoms with van der Waals surface area (Å²) in [6.07, 6.45) is 3.26. The van der Waals surface area contributed by atoms with Crippen molar-refractivity contribution in [2.24, 2.45) is 0 Å². The van der Waals surface area contributed by atoms with E-state index in [2.05, 4.69) is 12.2 Å². The van der Waals surface area contributed by atoms with Crippen LogP contribution < -0.4 is 10.1 Å². The minimum absolute atomic E-state index is 0.0505. The molecule has 1 aliphatic rings. The van der Waals surface area contributed by atoms with Gasteiger partial charge in [0.05, 0.1) is 0 Å². The Kier molecular flexibility index (Phi) is 6.71. The van der Waals surface area contributed by atoms with Gasteiger partial charge < -0.3 is 15.0 Å². The van der Waals surface area contributed by atoms with E-state index in [0.717, 1.165) is 24.9 Å². The van der Waals surface area contributed by atoms with Gasteiger partial charge in [0.1, 0.15) is 5.75 Å². The second-order valence-corrected chi connectivity index (χ2v) is 8.83. The van der Waals surface area contributed by atoms with Crippen molar-refractivity contribution in [3.63, 3.8) is 0 Å². The summed E-state index contributed by atoms with van der Waals surface area (Å²) in [5.74, 6) is 0.340. The maximum atomic E-state index is 12.9. The van der Waals surface area contributed by atoms with E-state index >= 15 is 0 Å². The molecular formula is C24H29ClN2O3. The number of aryl methyl sites for hydroxylation is 1. The molecule has 2 aromatic rings. The Hall–Kier alpha value is -2.53. The van der Waals surface area contributed by atoms with Crippen molar-refractivity contribution in [1.29, 1.82) is 0 Å². The third kappa shape index (κ3) is 5.14. The molecule has 1 aliphatic heterocycles. The minimum atomic E-state index is -1.09. The van der Waals surface area contributed by atoms with E-state index < -0.39 is 5.60 Å². The number of benzene rings is 2. The van der Waals surface area contributed by atoms with Crippen LogP contribution in [0.2, 0.25) is 5.02 Å². The van der Waals surface area contributed by atoms with Crippen LogP contribution in [-0.2, 0) is 4.79 Å². The van der Waals surface area contributed by atoms with E-state index in [1.54, 1.807) is 50.2 Å². The van der Waals surface area contributed by atoms with Crippen LogP contribution in [0.25, 0.3) is 0 Å². The molecule has 0 bridgehead atoms. The highest BCUT2D eigenvalue weighted by Crippen LogP contribution is 2.25. The summed E-state index contributed by atoms with van der Waals surface area (Å²) >= 11 is 5.90. The lowest BCUT2D eigenvalue weighted by atomic mass is 10.0. The predicted molar refractivity (Wildman–Crippen MR) is 120 cm³/mol. The minimum Gasteiger partial charge on any atom is -0.478 e. The lowest BCUT2D eigenvalue weighted by molar-refractivity contribution is -0.128. The van der Waals surface area contributed by atoms with Crippen molar-refractivity contribution in [3.05, 3.63) is 58.6 Å². The molecule has 0 radical (unpaired) electrons. The van der Waals surface area contributed by atoms with Crippen LogP contribution in [-0.4, -0.2) is 34.9 Å². The molecular weight excluding hydrogens is 400 g/mol. The summed E-state index contributed by atoms with van der Waals surface area (Å²) in [5, 5.41) is 3.53. The fourth-order valence-corrected chi connectivity index (χ4v) is 3.75. The zero-order chi connectivity index (χ0) is 21.9. The molecule has 160 valence electrons. The average Bonchev–Trinajstić information content (AvgIpc) is 2.71. The number of nitrogens with zero attached hydrogens (tertiary/aromatic N) is 1. The van der Waals surface area contributed by atoms with Gasteiger partial charge in [0.25, 0.3) is 11.8 Å². The average molecular weight is 429 g/mol. The summed E-state index contributed by atoms with van der Waals surface area (Å²) in [7, 11) is 0. The summed E-state index contributed by atoms with van der Waals surface area (Å²) in [6.45, 7) is 8.21. The molecule has 6 heteroatoms. The Morgan fingerprint density at radius 1 is 1.13 bits per heavy atom. The number of nitrogens with one attached hydrogen (secondary N) is 1. The molecule has 3 rings (SSSR count). The number of ether oxygens (including phenoxy) is 1. The molecule has 0 saturated carbocycles. The standard InChI is InChI=1S/C24H29ClN2O3/c1-16-15-18(22(28)27-14-6-5-7-17(27)2)8-13-21(16)26-23(29)24(3,4)30-20-11-9-19(25)10-12-20/h8-13,15,17H,5-7,14H2,1-4H3,(H,26,29). The highest BCUT2D eigenvalue weighted by atomic mass is 35.5.